The molecule has 0 unspecified atom stereocenters. The van der Waals surface area contributed by atoms with E-state index in [0.29, 0.717) is 25.2 Å². The normalized spacial score (nSPS) is 19.9. The fourth-order valence-electron chi connectivity index (χ4n) is 4.42. The van der Waals surface area contributed by atoms with Gasteiger partial charge in [-0.15, -0.1) is 0 Å². The van der Waals surface area contributed by atoms with Crippen LogP contribution in [0.3, 0.4) is 0 Å². The number of morpholine rings is 1. The molecule has 0 amide bonds. The predicted octanol–water partition coefficient (Wildman–Crippen LogP) is 3.93. The zero-order chi connectivity index (χ0) is 19.7. The Labute approximate surface area is 166 Å². The Morgan fingerprint density at radius 1 is 1.04 bits per heavy atom. The van der Waals surface area contributed by atoms with E-state index >= 15 is 0 Å². The first-order valence-corrected chi connectivity index (χ1v) is 10.0. The van der Waals surface area contributed by atoms with Crippen LogP contribution in [0.4, 0.5) is 0 Å². The molecular formula is C24H27NO3. The monoisotopic (exact) mass is 377 g/mol. The first kappa shape index (κ1) is 18.9. The maximum atomic E-state index is 13.3. The van der Waals surface area contributed by atoms with Crippen LogP contribution in [0.5, 0.6) is 0 Å². The number of carbonyl (C=O) groups is 2. The SMILES string of the molecule is CC1(C)CC(=O)C(C(=O)Cc2cccc3ccccc23)=C(N2CCOCC2)C1. The molecule has 1 heterocycles. The lowest BCUT2D eigenvalue weighted by Crippen LogP contribution is -2.42. The molecule has 0 spiro atoms. The highest BCUT2D eigenvalue weighted by molar-refractivity contribution is 6.22. The van der Waals surface area contributed by atoms with Crippen LogP contribution in [0.2, 0.25) is 0 Å². The van der Waals surface area contributed by atoms with E-state index in [1.807, 2.05) is 30.3 Å². The highest BCUT2D eigenvalue weighted by Gasteiger charge is 2.38. The van der Waals surface area contributed by atoms with Crippen molar-refractivity contribution in [3.05, 3.63) is 59.3 Å². The number of rotatable bonds is 4. The zero-order valence-corrected chi connectivity index (χ0v) is 16.7. The molecular weight excluding hydrogens is 350 g/mol. The van der Waals surface area contributed by atoms with Crippen LogP contribution in [0.1, 0.15) is 32.3 Å². The second-order valence-electron chi connectivity index (χ2n) is 8.60. The lowest BCUT2D eigenvalue weighted by Gasteiger charge is -2.39. The number of hydrogen-bond acceptors (Lipinski definition) is 4. The molecule has 4 rings (SSSR count). The Hall–Kier alpha value is -2.46. The maximum Gasteiger partial charge on any atom is 0.172 e. The van der Waals surface area contributed by atoms with Crippen molar-refractivity contribution in [3.8, 4) is 0 Å². The van der Waals surface area contributed by atoms with Crippen LogP contribution < -0.4 is 0 Å². The summed E-state index contributed by atoms with van der Waals surface area (Å²) in [5.74, 6) is -0.0682. The van der Waals surface area contributed by atoms with E-state index in [2.05, 4.69) is 30.9 Å². The van der Waals surface area contributed by atoms with Crippen molar-refractivity contribution in [3.63, 3.8) is 0 Å². The van der Waals surface area contributed by atoms with Crippen molar-refractivity contribution in [1.29, 1.82) is 0 Å². The number of carbonyl (C=O) groups excluding carboxylic acids is 2. The van der Waals surface area contributed by atoms with Gasteiger partial charge in [0, 0.05) is 31.6 Å². The minimum absolute atomic E-state index is 0.0111. The molecule has 146 valence electrons. The third kappa shape index (κ3) is 3.74. The van der Waals surface area contributed by atoms with Crippen LogP contribution in [0.25, 0.3) is 10.8 Å². The van der Waals surface area contributed by atoms with Gasteiger partial charge in [0.25, 0.3) is 0 Å². The van der Waals surface area contributed by atoms with Gasteiger partial charge in [0.15, 0.2) is 11.6 Å². The molecule has 1 saturated heterocycles. The summed E-state index contributed by atoms with van der Waals surface area (Å²) >= 11 is 0. The molecule has 2 aromatic rings. The smallest absolute Gasteiger partial charge is 0.172 e. The molecule has 0 radical (unpaired) electrons. The minimum atomic E-state index is -0.117. The molecule has 1 fully saturated rings. The molecule has 4 nitrogen and oxygen atoms in total. The lowest BCUT2D eigenvalue weighted by molar-refractivity contribution is -0.123. The van der Waals surface area contributed by atoms with Crippen LogP contribution >= 0.6 is 0 Å². The molecule has 0 aromatic heterocycles. The van der Waals surface area contributed by atoms with Crippen LogP contribution in [-0.4, -0.2) is 42.8 Å². The second kappa shape index (κ2) is 7.51. The van der Waals surface area contributed by atoms with E-state index in [9.17, 15) is 9.59 Å². The number of hydrogen-bond donors (Lipinski definition) is 0. The maximum absolute atomic E-state index is 13.3. The van der Waals surface area contributed by atoms with Crippen molar-refractivity contribution in [1.82, 2.24) is 4.90 Å². The molecule has 0 saturated carbocycles. The summed E-state index contributed by atoms with van der Waals surface area (Å²) < 4.78 is 5.47. The van der Waals surface area contributed by atoms with Crippen molar-refractivity contribution >= 4 is 22.3 Å². The Kier molecular flexibility index (Phi) is 5.07. The Balaban J connectivity index is 1.71. The number of ether oxygens (including phenoxy) is 1. The zero-order valence-electron chi connectivity index (χ0n) is 16.7. The van der Waals surface area contributed by atoms with Gasteiger partial charge in [0.1, 0.15) is 0 Å². The summed E-state index contributed by atoms with van der Waals surface area (Å²) in [6.45, 7) is 6.98. The first-order chi connectivity index (χ1) is 13.4. The third-order valence-corrected chi connectivity index (χ3v) is 5.76. The molecule has 2 aromatic carbocycles. The van der Waals surface area contributed by atoms with Gasteiger partial charge < -0.3 is 9.64 Å². The van der Waals surface area contributed by atoms with E-state index in [-0.39, 0.29) is 23.4 Å². The number of allylic oxidation sites excluding steroid dienone is 2. The van der Waals surface area contributed by atoms with Gasteiger partial charge in [-0.3, -0.25) is 9.59 Å². The first-order valence-electron chi connectivity index (χ1n) is 10.0. The van der Waals surface area contributed by atoms with Gasteiger partial charge in [0.05, 0.1) is 18.8 Å². The molecule has 1 aliphatic heterocycles. The van der Waals surface area contributed by atoms with Crippen LogP contribution in [-0.2, 0) is 20.7 Å². The molecule has 0 atom stereocenters. The Morgan fingerprint density at radius 2 is 1.75 bits per heavy atom. The molecule has 4 heteroatoms. The van der Waals surface area contributed by atoms with Gasteiger partial charge in [0.2, 0.25) is 0 Å². The third-order valence-electron chi connectivity index (χ3n) is 5.76. The van der Waals surface area contributed by atoms with Gasteiger partial charge in [-0.05, 0) is 28.2 Å². The van der Waals surface area contributed by atoms with E-state index in [4.69, 9.17) is 4.74 Å². The summed E-state index contributed by atoms with van der Waals surface area (Å²) in [6, 6.07) is 14.1. The average Bonchev–Trinajstić information content (AvgIpc) is 2.67. The van der Waals surface area contributed by atoms with Gasteiger partial charge >= 0.3 is 0 Å². The van der Waals surface area contributed by atoms with Crippen LogP contribution in [0, 0.1) is 5.41 Å². The van der Waals surface area contributed by atoms with Gasteiger partial charge in [-0.2, -0.15) is 0 Å². The summed E-state index contributed by atoms with van der Waals surface area (Å²) in [6.07, 6.45) is 1.45. The van der Waals surface area contributed by atoms with E-state index in [1.165, 1.54) is 0 Å². The van der Waals surface area contributed by atoms with E-state index < -0.39 is 0 Å². The molecule has 0 bridgehead atoms. The summed E-state index contributed by atoms with van der Waals surface area (Å²) in [4.78, 5) is 28.6. The van der Waals surface area contributed by atoms with Crippen LogP contribution in [0.15, 0.2) is 53.7 Å². The molecule has 2 aliphatic rings. The minimum Gasteiger partial charge on any atom is -0.378 e. The van der Waals surface area contributed by atoms with Gasteiger partial charge in [-0.25, -0.2) is 0 Å². The fraction of sp³-hybridized carbons (Fsp3) is 0.417. The van der Waals surface area contributed by atoms with Crippen molar-refractivity contribution in [2.45, 2.75) is 33.1 Å². The molecule has 0 N–H and O–H groups in total. The quantitative estimate of drug-likeness (QED) is 0.758. The Morgan fingerprint density at radius 3 is 2.54 bits per heavy atom. The van der Waals surface area contributed by atoms with Crippen molar-refractivity contribution in [2.75, 3.05) is 26.3 Å². The fourth-order valence-corrected chi connectivity index (χ4v) is 4.42. The predicted molar refractivity (Wildman–Crippen MR) is 110 cm³/mol. The summed E-state index contributed by atoms with van der Waals surface area (Å²) in [5, 5.41) is 2.20. The lowest BCUT2D eigenvalue weighted by atomic mass is 9.74. The van der Waals surface area contributed by atoms with Crippen molar-refractivity contribution < 1.29 is 14.3 Å². The van der Waals surface area contributed by atoms with E-state index in [1.54, 1.807) is 0 Å². The highest BCUT2D eigenvalue weighted by Crippen LogP contribution is 2.39. The average molecular weight is 377 g/mol. The molecule has 1 aliphatic carbocycles. The van der Waals surface area contributed by atoms with Gasteiger partial charge in [-0.1, -0.05) is 56.3 Å². The number of ketones is 2. The molecule has 28 heavy (non-hydrogen) atoms. The summed E-state index contributed by atoms with van der Waals surface area (Å²) in [7, 11) is 0. The number of benzene rings is 2. The van der Waals surface area contributed by atoms with Crippen molar-refractivity contribution in [2.24, 2.45) is 5.41 Å². The second-order valence-corrected chi connectivity index (χ2v) is 8.60. The number of nitrogens with zero attached hydrogens (tertiary/aromatic N) is 1. The summed E-state index contributed by atoms with van der Waals surface area (Å²) in [5.41, 5.74) is 2.21. The highest BCUT2D eigenvalue weighted by atomic mass is 16.5. The standard InChI is InChI=1S/C24H27NO3/c1-24(2)15-20(25-10-12-28-13-11-25)23(22(27)16-24)21(26)14-18-8-5-7-17-6-3-4-9-19(17)18/h3-9H,10-16H2,1-2H3. The largest absolute Gasteiger partial charge is 0.378 e. The number of Topliss-reactive ketones (excluding diaryl/α,β-unsaturated/α-hetero) is 2. The van der Waals surface area contributed by atoms with E-state index in [0.717, 1.165) is 41.5 Å². The Bertz CT molecular complexity index is 946. The topological polar surface area (TPSA) is 46.6 Å². The number of fused-ring (bicyclic) bond motifs is 1.